The van der Waals surface area contributed by atoms with Gasteiger partial charge in [0.05, 0.1) is 14.1 Å². The smallest absolute Gasteiger partial charge is 0.200 e. The Morgan fingerprint density at radius 3 is 0.892 bits per heavy atom. The van der Waals surface area contributed by atoms with Crippen LogP contribution in [0.5, 0.6) is 0 Å². The van der Waals surface area contributed by atoms with Crippen molar-refractivity contribution >= 4 is 44.5 Å². The molecule has 0 saturated carbocycles. The Hall–Kier alpha value is -6.58. The van der Waals surface area contributed by atoms with E-state index in [-0.39, 0.29) is 0 Å². The highest BCUT2D eigenvalue weighted by Crippen LogP contribution is 2.31. The highest BCUT2D eigenvalue weighted by Gasteiger charge is 2.52. The number of hydrogen-bond donors (Lipinski definition) is 0. The van der Waals surface area contributed by atoms with Gasteiger partial charge in [-0.05, 0) is 22.9 Å². The van der Waals surface area contributed by atoms with Crippen LogP contribution in [-0.2, 0) is 6.54 Å². The standard InChI is InChI=1S/C24BF20.C19H20N/c26-5-1(6(27)14(35)21(42)13(5)34)25(2-7(28)15(36)22(43)16(37)8(2)29,3-9(30)17(38)23(44)18(39)10(3)31)4-11(32)19(40)24(45)20(41)12(4)33;1-20(2,18-12-4-3-5-13-18)15-17-11-8-10-16-9-6-7-14-19(16)17/h;3-14H,15H2,1-2H3/q-1;+1. The molecule has 0 amide bonds. The zero-order valence-corrected chi connectivity index (χ0v) is 32.2. The molecule has 340 valence electrons. The molecular formula is C43H20BF20N. The Kier molecular flexibility index (Phi) is 12.8. The predicted octanol–water partition coefficient (Wildman–Crippen LogP) is 10.5. The molecule has 7 aromatic carbocycles. The molecule has 0 aliphatic carbocycles. The first-order valence-corrected chi connectivity index (χ1v) is 18.0. The van der Waals surface area contributed by atoms with Crippen LogP contribution >= 0.6 is 0 Å². The Bertz CT molecular complexity index is 2660. The zero-order valence-electron chi connectivity index (χ0n) is 32.2. The molecule has 0 aliphatic heterocycles. The fourth-order valence-corrected chi connectivity index (χ4v) is 7.65. The van der Waals surface area contributed by atoms with Crippen molar-refractivity contribution in [1.82, 2.24) is 4.48 Å². The molecule has 0 heterocycles. The van der Waals surface area contributed by atoms with Gasteiger partial charge in [-0.15, -0.1) is 21.9 Å². The second kappa shape index (κ2) is 17.4. The van der Waals surface area contributed by atoms with E-state index in [1.54, 1.807) is 0 Å². The number of rotatable bonds is 7. The van der Waals surface area contributed by atoms with Crippen molar-refractivity contribution in [3.05, 3.63) is 195 Å². The molecule has 65 heavy (non-hydrogen) atoms. The first-order chi connectivity index (χ1) is 30.4. The van der Waals surface area contributed by atoms with Crippen LogP contribution in [0.25, 0.3) is 10.8 Å². The van der Waals surface area contributed by atoms with Crippen LogP contribution in [0.3, 0.4) is 0 Å². The van der Waals surface area contributed by atoms with Crippen LogP contribution in [0.2, 0.25) is 0 Å². The van der Waals surface area contributed by atoms with E-state index in [0.717, 1.165) is 11.0 Å². The van der Waals surface area contributed by atoms with Crippen molar-refractivity contribution in [1.29, 1.82) is 0 Å². The highest BCUT2D eigenvalue weighted by molar-refractivity contribution is 7.20. The first kappa shape index (κ1) is 47.9. The van der Waals surface area contributed by atoms with Crippen LogP contribution in [0.15, 0.2) is 72.8 Å². The molecule has 7 aromatic rings. The van der Waals surface area contributed by atoms with Crippen molar-refractivity contribution in [3.63, 3.8) is 0 Å². The van der Waals surface area contributed by atoms with E-state index in [1.807, 2.05) is 0 Å². The maximum absolute atomic E-state index is 15.4. The van der Waals surface area contributed by atoms with Gasteiger partial charge in [-0.2, -0.15) is 0 Å². The summed E-state index contributed by atoms with van der Waals surface area (Å²) in [5, 5.41) is 2.68. The van der Waals surface area contributed by atoms with Crippen LogP contribution in [0, 0.1) is 116 Å². The predicted molar refractivity (Wildman–Crippen MR) is 197 cm³/mol. The minimum absolute atomic E-state index is 0.856. The lowest BCUT2D eigenvalue weighted by atomic mass is 9.12. The molecule has 0 N–H and O–H groups in total. The van der Waals surface area contributed by atoms with Gasteiger partial charge in [-0.1, -0.05) is 60.7 Å². The van der Waals surface area contributed by atoms with Gasteiger partial charge in [0.2, 0.25) is 0 Å². The van der Waals surface area contributed by atoms with E-state index in [9.17, 15) is 52.7 Å². The quantitative estimate of drug-likeness (QED) is 0.0491. The summed E-state index contributed by atoms with van der Waals surface area (Å²) in [5.41, 5.74) is -11.6. The van der Waals surface area contributed by atoms with Crippen molar-refractivity contribution in [3.8, 4) is 0 Å². The van der Waals surface area contributed by atoms with Gasteiger partial charge in [0.15, 0.2) is 69.8 Å². The van der Waals surface area contributed by atoms with Crippen LogP contribution in [-0.4, -0.2) is 20.2 Å². The molecule has 0 fully saturated rings. The molecule has 0 spiro atoms. The average molecular weight is 941 g/mol. The molecule has 22 heteroatoms. The van der Waals surface area contributed by atoms with Crippen LogP contribution in [0.4, 0.5) is 93.5 Å². The van der Waals surface area contributed by atoms with Crippen molar-refractivity contribution in [2.45, 2.75) is 6.54 Å². The van der Waals surface area contributed by atoms with Gasteiger partial charge in [-0.3, -0.25) is 4.48 Å². The third kappa shape index (κ3) is 7.49. The van der Waals surface area contributed by atoms with Crippen LogP contribution in [0.1, 0.15) is 5.56 Å². The molecule has 7 rings (SSSR count). The molecule has 0 aliphatic rings. The number of quaternary nitrogens is 1. The summed E-state index contributed by atoms with van der Waals surface area (Å²) < 4.78 is 295. The van der Waals surface area contributed by atoms with Crippen molar-refractivity contribution in [2.24, 2.45) is 0 Å². The van der Waals surface area contributed by atoms with Gasteiger partial charge in [0, 0.05) is 5.56 Å². The molecule has 1 nitrogen and oxygen atoms in total. The second-order valence-electron chi connectivity index (χ2n) is 14.6. The minimum Gasteiger partial charge on any atom is -0.292 e. The normalized spacial score (nSPS) is 11.9. The summed E-state index contributed by atoms with van der Waals surface area (Å²) in [6, 6.07) is 25.9. The third-order valence-electron chi connectivity index (χ3n) is 10.6. The first-order valence-electron chi connectivity index (χ1n) is 18.0. The van der Waals surface area contributed by atoms with E-state index < -0.39 is 144 Å². The Balaban J connectivity index is 0.000000289. The van der Waals surface area contributed by atoms with Gasteiger partial charge < -0.3 is 0 Å². The number of para-hydroxylation sites is 1. The minimum atomic E-state index is -7.22. The highest BCUT2D eigenvalue weighted by atomic mass is 19.2. The summed E-state index contributed by atoms with van der Waals surface area (Å²) in [5.74, 6) is -71.4. The summed E-state index contributed by atoms with van der Waals surface area (Å²) in [6.45, 7) is 0.991. The number of nitrogens with zero attached hydrogens (tertiary/aromatic N) is 1. The molecular weight excluding hydrogens is 921 g/mol. The van der Waals surface area contributed by atoms with E-state index in [2.05, 4.69) is 86.9 Å². The van der Waals surface area contributed by atoms with Gasteiger partial charge in [-0.25, -0.2) is 87.8 Å². The molecule has 0 atom stereocenters. The summed E-state index contributed by atoms with van der Waals surface area (Å²) in [6.07, 6.45) is -7.22. The lowest BCUT2D eigenvalue weighted by molar-refractivity contribution is 0.378. The molecule has 0 saturated heterocycles. The lowest BCUT2D eigenvalue weighted by Gasteiger charge is -2.44. The Labute approximate surface area is 351 Å². The van der Waals surface area contributed by atoms with Gasteiger partial charge in [0.1, 0.15) is 64.9 Å². The van der Waals surface area contributed by atoms with E-state index in [4.69, 9.17) is 0 Å². The molecule has 0 aromatic heterocycles. The average Bonchev–Trinajstić information content (AvgIpc) is 3.29. The number of hydrogen-bond acceptors (Lipinski definition) is 0. The van der Waals surface area contributed by atoms with E-state index >= 15 is 35.1 Å². The number of halogens is 20. The van der Waals surface area contributed by atoms with E-state index in [0.29, 0.717) is 0 Å². The molecule has 0 radical (unpaired) electrons. The van der Waals surface area contributed by atoms with Gasteiger partial charge in [0.25, 0.3) is 0 Å². The van der Waals surface area contributed by atoms with E-state index in [1.165, 1.54) is 22.0 Å². The fraction of sp³-hybridized carbons (Fsp3) is 0.0698. The monoisotopic (exact) mass is 941 g/mol. The third-order valence-corrected chi connectivity index (χ3v) is 10.6. The lowest BCUT2D eigenvalue weighted by Crippen LogP contribution is -2.81. The van der Waals surface area contributed by atoms with Crippen LogP contribution < -0.4 is 26.3 Å². The maximum atomic E-state index is 15.4. The van der Waals surface area contributed by atoms with Crippen molar-refractivity contribution < 1.29 is 87.8 Å². The molecule has 0 unspecified atom stereocenters. The Morgan fingerprint density at radius 2 is 0.569 bits per heavy atom. The summed E-state index contributed by atoms with van der Waals surface area (Å²) in [7, 11) is 4.52. The van der Waals surface area contributed by atoms with Crippen molar-refractivity contribution in [2.75, 3.05) is 14.1 Å². The molecule has 0 bridgehead atoms. The maximum Gasteiger partial charge on any atom is 0.200 e. The number of fused-ring (bicyclic) bond motifs is 1. The number of benzene rings is 7. The fourth-order valence-electron chi connectivity index (χ4n) is 7.65. The summed E-state index contributed by atoms with van der Waals surface area (Å²) in [4.78, 5) is 0. The topological polar surface area (TPSA) is 0 Å². The van der Waals surface area contributed by atoms with Gasteiger partial charge >= 0.3 is 0 Å². The SMILES string of the molecule is C[N+](C)(Cc1cccc2ccccc12)c1ccccc1.Fc1c(F)c(F)c([B-](c2c(F)c(F)c(F)c(F)c2F)(c2c(F)c(F)c(F)c(F)c2F)c2c(F)c(F)c(F)c(F)c2F)c(F)c1F. The zero-order chi connectivity index (χ0) is 48.4. The second-order valence-corrected chi connectivity index (χ2v) is 14.6. The largest absolute Gasteiger partial charge is 0.292 e. The summed E-state index contributed by atoms with van der Waals surface area (Å²) >= 11 is 0. The Morgan fingerprint density at radius 1 is 0.308 bits per heavy atom.